The van der Waals surface area contributed by atoms with Crippen LogP contribution in [-0.2, 0) is 0 Å². The number of nitrogens with zero attached hydrogens (tertiary/aromatic N) is 3. The van der Waals surface area contributed by atoms with Crippen LogP contribution in [0.5, 0.6) is 5.75 Å². The van der Waals surface area contributed by atoms with E-state index in [4.69, 9.17) is 9.15 Å². The van der Waals surface area contributed by atoms with Crippen LogP contribution in [0.15, 0.2) is 63.2 Å². The zero-order valence-corrected chi connectivity index (χ0v) is 27.9. The second-order valence-electron chi connectivity index (χ2n) is 11.8. The number of hydrogen-bond acceptors (Lipinski definition) is 6. The van der Waals surface area contributed by atoms with Crippen LogP contribution in [0.4, 0.5) is 5.69 Å². The first-order valence-corrected chi connectivity index (χ1v) is 18.0. The third kappa shape index (κ3) is 15.1. The molecule has 0 bridgehead atoms. The van der Waals surface area contributed by atoms with Crippen molar-refractivity contribution in [2.75, 3.05) is 5.75 Å². The maximum atomic E-state index is 6.07. The highest BCUT2D eigenvalue weighted by atomic mass is 32.2. The van der Waals surface area contributed by atoms with E-state index >= 15 is 0 Å². The lowest BCUT2D eigenvalue weighted by molar-refractivity contribution is 0.206. The van der Waals surface area contributed by atoms with Crippen molar-refractivity contribution in [2.45, 2.75) is 141 Å². The van der Waals surface area contributed by atoms with Crippen LogP contribution in [0, 0.1) is 0 Å². The second-order valence-corrected chi connectivity index (χ2v) is 12.8. The van der Waals surface area contributed by atoms with E-state index in [1.807, 2.05) is 54.7 Å². The van der Waals surface area contributed by atoms with Gasteiger partial charge >= 0.3 is 0 Å². The molecule has 236 valence electrons. The molecule has 2 aromatic carbocycles. The van der Waals surface area contributed by atoms with Gasteiger partial charge in [-0.1, -0.05) is 116 Å². The quantitative estimate of drug-likeness (QED) is 0.0577. The lowest BCUT2D eigenvalue weighted by atomic mass is 10.1. The highest BCUT2D eigenvalue weighted by molar-refractivity contribution is 7.99. The van der Waals surface area contributed by atoms with Crippen molar-refractivity contribution in [2.24, 2.45) is 4.99 Å². The number of ether oxygens (including phenoxy) is 1. The Morgan fingerprint density at radius 1 is 0.721 bits per heavy atom. The van der Waals surface area contributed by atoms with E-state index in [1.165, 1.54) is 103 Å². The smallest absolute Gasteiger partial charge is 0.276 e. The van der Waals surface area contributed by atoms with Crippen molar-refractivity contribution in [1.29, 1.82) is 0 Å². The van der Waals surface area contributed by atoms with Gasteiger partial charge in [-0.05, 0) is 80.3 Å². The van der Waals surface area contributed by atoms with E-state index < -0.39 is 0 Å². The van der Waals surface area contributed by atoms with Gasteiger partial charge < -0.3 is 9.15 Å². The number of aromatic nitrogens is 2. The van der Waals surface area contributed by atoms with Crippen molar-refractivity contribution < 1.29 is 9.15 Å². The van der Waals surface area contributed by atoms with Gasteiger partial charge in [-0.2, -0.15) is 0 Å². The van der Waals surface area contributed by atoms with Gasteiger partial charge in [-0.25, -0.2) is 0 Å². The first-order chi connectivity index (χ1) is 21.2. The summed E-state index contributed by atoms with van der Waals surface area (Å²) in [6.07, 6.45) is 24.7. The molecule has 0 aliphatic carbocycles. The van der Waals surface area contributed by atoms with E-state index in [-0.39, 0.29) is 6.10 Å². The molecule has 1 aromatic heterocycles. The molecule has 3 rings (SSSR count). The minimum atomic E-state index is 0.239. The minimum Gasteiger partial charge on any atom is -0.491 e. The predicted molar refractivity (Wildman–Crippen MR) is 184 cm³/mol. The summed E-state index contributed by atoms with van der Waals surface area (Å²) in [6, 6.07) is 16.1. The first-order valence-electron chi connectivity index (χ1n) is 17.1. The summed E-state index contributed by atoms with van der Waals surface area (Å²) in [5.74, 6) is 2.50. The number of benzene rings is 2. The molecule has 1 atom stereocenters. The zero-order chi connectivity index (χ0) is 30.4. The Hall–Kier alpha value is -2.60. The molecule has 1 heterocycles. The monoisotopic (exact) mass is 605 g/mol. The SMILES string of the molecule is CCCCCCCCCCCCCCSc1nnc(-c2ccc(N=Cc3ccc(O[C@@H](C)CCCCCC)cc3)cc2)o1. The predicted octanol–water partition coefficient (Wildman–Crippen LogP) is 12.0. The fourth-order valence-electron chi connectivity index (χ4n) is 5.11. The van der Waals surface area contributed by atoms with Gasteiger partial charge in [0, 0.05) is 17.5 Å². The average Bonchev–Trinajstić information content (AvgIpc) is 3.50. The van der Waals surface area contributed by atoms with E-state index in [0.29, 0.717) is 11.1 Å². The Morgan fingerprint density at radius 3 is 1.93 bits per heavy atom. The molecule has 5 nitrogen and oxygen atoms in total. The van der Waals surface area contributed by atoms with Gasteiger partial charge in [0.1, 0.15) is 5.75 Å². The number of aliphatic imine (C=N–C) groups is 1. The van der Waals surface area contributed by atoms with Crippen LogP contribution in [0.25, 0.3) is 11.5 Å². The van der Waals surface area contributed by atoms with Crippen molar-refractivity contribution in [3.63, 3.8) is 0 Å². The number of rotatable bonds is 24. The largest absolute Gasteiger partial charge is 0.491 e. The van der Waals surface area contributed by atoms with Crippen LogP contribution in [0.2, 0.25) is 0 Å². The van der Waals surface area contributed by atoms with E-state index in [9.17, 15) is 0 Å². The molecule has 0 saturated carbocycles. The Kier molecular flexibility index (Phi) is 17.8. The van der Waals surface area contributed by atoms with Crippen molar-refractivity contribution >= 4 is 23.7 Å². The van der Waals surface area contributed by atoms with Crippen LogP contribution >= 0.6 is 11.8 Å². The highest BCUT2D eigenvalue weighted by Gasteiger charge is 2.09. The summed E-state index contributed by atoms with van der Waals surface area (Å²) in [7, 11) is 0. The molecule has 0 aliphatic heterocycles. The van der Waals surface area contributed by atoms with E-state index in [0.717, 1.165) is 34.7 Å². The molecule has 0 aliphatic rings. The van der Waals surface area contributed by atoms with Crippen LogP contribution in [-0.4, -0.2) is 28.3 Å². The summed E-state index contributed by atoms with van der Waals surface area (Å²) in [5.41, 5.74) is 2.83. The Balaban J connectivity index is 1.30. The lowest BCUT2D eigenvalue weighted by Crippen LogP contribution is -2.11. The lowest BCUT2D eigenvalue weighted by Gasteiger charge is -2.14. The summed E-state index contributed by atoms with van der Waals surface area (Å²) < 4.78 is 12.0. The van der Waals surface area contributed by atoms with Gasteiger partial charge in [-0.3, -0.25) is 4.99 Å². The van der Waals surface area contributed by atoms with Crippen LogP contribution in [0.1, 0.15) is 135 Å². The average molecular weight is 606 g/mol. The molecular formula is C37H55N3O2S. The fraction of sp³-hybridized carbons (Fsp3) is 0.595. The van der Waals surface area contributed by atoms with Crippen LogP contribution in [0.3, 0.4) is 0 Å². The fourth-order valence-corrected chi connectivity index (χ4v) is 5.87. The van der Waals surface area contributed by atoms with Crippen molar-refractivity contribution in [1.82, 2.24) is 10.2 Å². The van der Waals surface area contributed by atoms with Gasteiger partial charge in [-0.15, -0.1) is 10.2 Å². The molecule has 6 heteroatoms. The Morgan fingerprint density at radius 2 is 1.30 bits per heavy atom. The molecule has 0 radical (unpaired) electrons. The van der Waals surface area contributed by atoms with Gasteiger partial charge in [0.25, 0.3) is 5.22 Å². The highest BCUT2D eigenvalue weighted by Crippen LogP contribution is 2.26. The molecule has 0 saturated heterocycles. The maximum Gasteiger partial charge on any atom is 0.276 e. The third-order valence-corrected chi connectivity index (χ3v) is 8.69. The first kappa shape index (κ1) is 34.9. The Bertz CT molecular complexity index is 1130. The normalized spacial score (nSPS) is 12.3. The number of thioether (sulfide) groups is 1. The maximum absolute atomic E-state index is 6.07. The van der Waals surface area contributed by atoms with Crippen molar-refractivity contribution in [3.05, 3.63) is 54.1 Å². The molecule has 0 spiro atoms. The molecular weight excluding hydrogens is 550 g/mol. The topological polar surface area (TPSA) is 60.5 Å². The second kappa shape index (κ2) is 22.0. The molecule has 0 fully saturated rings. The summed E-state index contributed by atoms with van der Waals surface area (Å²) in [6.45, 7) is 6.67. The van der Waals surface area contributed by atoms with Gasteiger partial charge in [0.2, 0.25) is 5.89 Å². The standard InChI is InChI=1S/C37H55N3O2S/c1-4-6-8-10-11-12-13-14-15-16-17-19-29-43-37-40-39-36(42-37)33-23-25-34(26-24-33)38-30-32-21-27-35(28-22-32)41-31(3)20-18-9-7-5-2/h21-28,30-31H,4-20,29H2,1-3H3/t31-/m0/s1. The molecule has 0 amide bonds. The van der Waals surface area contributed by atoms with Crippen molar-refractivity contribution in [3.8, 4) is 17.2 Å². The van der Waals surface area contributed by atoms with E-state index in [1.54, 1.807) is 11.8 Å². The zero-order valence-electron chi connectivity index (χ0n) is 27.1. The summed E-state index contributed by atoms with van der Waals surface area (Å²) in [5, 5.41) is 9.15. The van der Waals surface area contributed by atoms with Gasteiger partial charge in [0.15, 0.2) is 0 Å². The molecule has 0 N–H and O–H groups in total. The molecule has 0 unspecified atom stereocenters. The van der Waals surface area contributed by atoms with E-state index in [2.05, 4.69) is 36.0 Å². The molecule has 43 heavy (non-hydrogen) atoms. The Labute approximate surface area is 265 Å². The number of hydrogen-bond donors (Lipinski definition) is 0. The minimum absolute atomic E-state index is 0.239. The van der Waals surface area contributed by atoms with Crippen LogP contribution < -0.4 is 4.74 Å². The number of unbranched alkanes of at least 4 members (excludes halogenated alkanes) is 14. The summed E-state index contributed by atoms with van der Waals surface area (Å²) >= 11 is 1.66. The third-order valence-electron chi connectivity index (χ3n) is 7.79. The molecule has 3 aromatic rings. The van der Waals surface area contributed by atoms with Gasteiger partial charge in [0.05, 0.1) is 11.8 Å². The summed E-state index contributed by atoms with van der Waals surface area (Å²) in [4.78, 5) is 4.63.